The van der Waals surface area contributed by atoms with Crippen LogP contribution in [0.1, 0.15) is 97.3 Å². The summed E-state index contributed by atoms with van der Waals surface area (Å²) >= 11 is 0. The van der Waals surface area contributed by atoms with Gasteiger partial charge in [-0.1, -0.05) is 23.3 Å². The van der Waals surface area contributed by atoms with Crippen molar-refractivity contribution in [2.75, 3.05) is 6.61 Å². The first-order valence-electron chi connectivity index (χ1n) is 12.3. The van der Waals surface area contributed by atoms with Crippen LogP contribution in [0.4, 0.5) is 0 Å². The number of ether oxygens (including phenoxy) is 1. The van der Waals surface area contributed by atoms with Crippen molar-refractivity contribution >= 4 is 0 Å². The summed E-state index contributed by atoms with van der Waals surface area (Å²) in [4.78, 5) is 0. The Morgan fingerprint density at radius 1 is 1.03 bits per heavy atom. The molecule has 2 atom stereocenters. The van der Waals surface area contributed by atoms with E-state index in [9.17, 15) is 15.3 Å². The van der Waals surface area contributed by atoms with Gasteiger partial charge in [-0.3, -0.25) is 0 Å². The molecule has 31 heavy (non-hydrogen) atoms. The highest BCUT2D eigenvalue weighted by molar-refractivity contribution is 5.22. The van der Waals surface area contributed by atoms with Gasteiger partial charge in [0.15, 0.2) is 0 Å². The van der Waals surface area contributed by atoms with Crippen LogP contribution in [0.25, 0.3) is 0 Å². The first-order valence-corrected chi connectivity index (χ1v) is 12.3. The molecule has 3 fully saturated rings. The molecule has 174 valence electrons. The van der Waals surface area contributed by atoms with E-state index >= 15 is 0 Å². The zero-order chi connectivity index (χ0) is 22.3. The van der Waals surface area contributed by atoms with Crippen molar-refractivity contribution in [2.24, 2.45) is 5.41 Å². The van der Waals surface area contributed by atoms with E-state index in [2.05, 4.69) is 24.0 Å². The Labute approximate surface area is 188 Å². The molecule has 0 heterocycles. The van der Waals surface area contributed by atoms with Crippen LogP contribution >= 0.6 is 0 Å². The van der Waals surface area contributed by atoms with Gasteiger partial charge in [-0.15, -0.1) is 11.8 Å². The second-order valence-corrected chi connectivity index (χ2v) is 10.8. The Morgan fingerprint density at radius 3 is 2.39 bits per heavy atom. The maximum Gasteiger partial charge on any atom is 0.0700 e. The Kier molecular flexibility index (Phi) is 8.82. The molecular formula is C27H42O4. The van der Waals surface area contributed by atoms with Gasteiger partial charge in [-0.05, 0) is 89.9 Å². The first kappa shape index (κ1) is 24.5. The van der Waals surface area contributed by atoms with Gasteiger partial charge in [0.25, 0.3) is 0 Å². The topological polar surface area (TPSA) is 69.9 Å². The predicted molar refractivity (Wildman–Crippen MR) is 124 cm³/mol. The highest BCUT2D eigenvalue weighted by Gasteiger charge is 2.37. The smallest absolute Gasteiger partial charge is 0.0700 e. The standard InChI is InChI=1S/C27H42O4/c1-26(2,30)12-4-3-5-16-31-25-10-14-27(15-11-25)13-6-7-21(20-27)8-9-22-17-23(28)19-24(29)18-22/h8-9,23-25,28-30H,5-7,10-20H2,1-2H3/b21-8+/t23-,24-,25?,27?/m1/s1. The fourth-order valence-electron chi connectivity index (χ4n) is 5.47. The zero-order valence-corrected chi connectivity index (χ0v) is 19.5. The highest BCUT2D eigenvalue weighted by Crippen LogP contribution is 2.49. The van der Waals surface area contributed by atoms with E-state index in [1.165, 1.54) is 49.7 Å². The third-order valence-electron chi connectivity index (χ3n) is 7.12. The van der Waals surface area contributed by atoms with Gasteiger partial charge in [-0.2, -0.15) is 0 Å². The van der Waals surface area contributed by atoms with E-state index in [1.54, 1.807) is 13.8 Å². The number of allylic oxidation sites excluding steroid dienone is 3. The minimum absolute atomic E-state index is 0.364. The third-order valence-corrected chi connectivity index (χ3v) is 7.12. The molecule has 3 aliphatic carbocycles. The lowest BCUT2D eigenvalue weighted by atomic mass is 9.63. The number of rotatable bonds is 5. The molecule has 0 aromatic heterocycles. The van der Waals surface area contributed by atoms with E-state index in [4.69, 9.17) is 4.74 Å². The Hall–Kier alpha value is -1.12. The number of aliphatic hydroxyl groups excluding tert-OH is 2. The summed E-state index contributed by atoms with van der Waals surface area (Å²) in [6, 6.07) is 0. The van der Waals surface area contributed by atoms with E-state index in [-0.39, 0.29) is 0 Å². The normalized spacial score (nSPS) is 33.3. The van der Waals surface area contributed by atoms with Crippen molar-refractivity contribution in [2.45, 2.75) is 121 Å². The number of hydrogen-bond donors (Lipinski definition) is 3. The van der Waals surface area contributed by atoms with Crippen LogP contribution < -0.4 is 0 Å². The summed E-state index contributed by atoms with van der Waals surface area (Å²) in [7, 11) is 0. The summed E-state index contributed by atoms with van der Waals surface area (Å²) < 4.78 is 6.09. The van der Waals surface area contributed by atoms with Crippen LogP contribution in [-0.4, -0.2) is 45.8 Å². The van der Waals surface area contributed by atoms with Crippen LogP contribution in [0.3, 0.4) is 0 Å². The molecule has 3 N–H and O–H groups in total. The quantitative estimate of drug-likeness (QED) is 0.432. The Balaban J connectivity index is 1.42. The van der Waals surface area contributed by atoms with Crippen molar-refractivity contribution in [1.82, 2.24) is 0 Å². The van der Waals surface area contributed by atoms with Gasteiger partial charge in [0, 0.05) is 12.8 Å². The van der Waals surface area contributed by atoms with Crippen molar-refractivity contribution in [3.63, 3.8) is 0 Å². The second-order valence-electron chi connectivity index (χ2n) is 10.8. The van der Waals surface area contributed by atoms with Gasteiger partial charge in [0.1, 0.15) is 0 Å². The lowest BCUT2D eigenvalue weighted by molar-refractivity contribution is -0.00690. The average Bonchev–Trinajstić information content (AvgIpc) is 2.69. The Bertz CT molecular complexity index is 683. The monoisotopic (exact) mass is 430 g/mol. The third kappa shape index (κ3) is 8.39. The minimum atomic E-state index is -0.714. The van der Waals surface area contributed by atoms with E-state index in [1.807, 2.05) is 0 Å². The summed E-state index contributed by atoms with van der Waals surface area (Å²) in [5.74, 6) is 6.15. The van der Waals surface area contributed by atoms with Crippen LogP contribution in [0.5, 0.6) is 0 Å². The molecule has 3 aliphatic rings. The van der Waals surface area contributed by atoms with E-state index in [0.717, 1.165) is 19.3 Å². The highest BCUT2D eigenvalue weighted by atomic mass is 16.5. The van der Waals surface area contributed by atoms with E-state index < -0.39 is 17.8 Å². The lowest BCUT2D eigenvalue weighted by Gasteiger charge is -2.43. The van der Waals surface area contributed by atoms with Gasteiger partial charge in [0.05, 0.1) is 30.5 Å². The number of aliphatic hydroxyl groups is 3. The Morgan fingerprint density at radius 2 is 1.71 bits per heavy atom. The van der Waals surface area contributed by atoms with Gasteiger partial charge >= 0.3 is 0 Å². The fourth-order valence-corrected chi connectivity index (χ4v) is 5.47. The summed E-state index contributed by atoms with van der Waals surface area (Å²) in [5, 5.41) is 29.5. The molecule has 0 unspecified atom stereocenters. The maximum atomic E-state index is 9.90. The molecule has 0 aromatic rings. The van der Waals surface area contributed by atoms with Crippen LogP contribution in [0.2, 0.25) is 0 Å². The largest absolute Gasteiger partial charge is 0.393 e. The molecule has 0 saturated heterocycles. The number of hydrogen-bond acceptors (Lipinski definition) is 4. The molecule has 0 amide bonds. The fraction of sp³-hybridized carbons (Fsp3) is 0.778. The molecular weight excluding hydrogens is 388 g/mol. The maximum absolute atomic E-state index is 9.90. The molecule has 0 radical (unpaired) electrons. The van der Waals surface area contributed by atoms with Gasteiger partial charge < -0.3 is 20.1 Å². The molecule has 0 bridgehead atoms. The molecule has 0 aromatic carbocycles. The molecule has 3 rings (SSSR count). The molecule has 1 spiro atoms. The molecule has 4 nitrogen and oxygen atoms in total. The summed E-state index contributed by atoms with van der Waals surface area (Å²) in [6.45, 7) is 4.25. The van der Waals surface area contributed by atoms with Crippen LogP contribution in [0.15, 0.2) is 23.3 Å². The SMILES string of the molecule is CC(C)(O)CC#CCCOC1CCC2(CCC/C(=C\C=C3C[C@@H](O)C[C@H](O)C3)C2)CC1. The van der Waals surface area contributed by atoms with E-state index in [0.29, 0.717) is 43.8 Å². The molecule has 4 heteroatoms. The first-order chi connectivity index (χ1) is 14.7. The van der Waals surface area contributed by atoms with Crippen LogP contribution in [0, 0.1) is 17.3 Å². The van der Waals surface area contributed by atoms with Crippen molar-refractivity contribution < 1.29 is 20.1 Å². The van der Waals surface area contributed by atoms with Crippen molar-refractivity contribution in [3.05, 3.63) is 23.3 Å². The lowest BCUT2D eigenvalue weighted by Crippen LogP contribution is -2.33. The zero-order valence-electron chi connectivity index (χ0n) is 19.5. The summed E-state index contributed by atoms with van der Waals surface area (Å²) in [6.07, 6.45) is 16.9. The van der Waals surface area contributed by atoms with Gasteiger partial charge in [0.2, 0.25) is 0 Å². The molecule has 0 aliphatic heterocycles. The predicted octanol–water partition coefficient (Wildman–Crippen LogP) is 4.82. The van der Waals surface area contributed by atoms with Crippen LogP contribution in [-0.2, 0) is 4.74 Å². The second kappa shape index (κ2) is 11.1. The summed E-state index contributed by atoms with van der Waals surface area (Å²) in [5.41, 5.74) is 2.45. The minimum Gasteiger partial charge on any atom is -0.393 e. The average molecular weight is 431 g/mol. The molecule has 3 saturated carbocycles. The van der Waals surface area contributed by atoms with Crippen molar-refractivity contribution in [1.29, 1.82) is 0 Å². The van der Waals surface area contributed by atoms with Crippen molar-refractivity contribution in [3.8, 4) is 11.8 Å². The van der Waals surface area contributed by atoms with Gasteiger partial charge in [-0.25, -0.2) is 0 Å².